The molecule has 2 unspecified atom stereocenters. The van der Waals surface area contributed by atoms with Crippen LogP contribution in [0, 0.1) is 6.92 Å². The van der Waals surface area contributed by atoms with E-state index in [4.69, 9.17) is 0 Å². The van der Waals surface area contributed by atoms with Gasteiger partial charge in [-0.1, -0.05) is 18.2 Å². The van der Waals surface area contributed by atoms with E-state index in [2.05, 4.69) is 66.4 Å². The largest absolute Gasteiger partial charge is 0.310 e. The van der Waals surface area contributed by atoms with Gasteiger partial charge in [-0.05, 0) is 58.0 Å². The zero-order valence-electron chi connectivity index (χ0n) is 13.3. The van der Waals surface area contributed by atoms with Gasteiger partial charge in [-0.25, -0.2) is 0 Å². The third kappa shape index (κ3) is 3.25. The Balaban J connectivity index is 1.73. The molecule has 1 N–H and O–H groups in total. The summed E-state index contributed by atoms with van der Waals surface area (Å²) in [7, 11) is 2.22. The minimum absolute atomic E-state index is 0.628. The second kappa shape index (κ2) is 6.12. The number of para-hydroxylation sites is 1. The molecule has 21 heavy (non-hydrogen) atoms. The lowest BCUT2D eigenvalue weighted by Crippen LogP contribution is -2.45. The third-order valence-corrected chi connectivity index (χ3v) is 4.72. The van der Waals surface area contributed by atoms with Crippen LogP contribution >= 0.6 is 0 Å². The Bertz CT molecular complexity index is 623. The number of aryl methyl sites for hydroxylation is 1. The third-order valence-electron chi connectivity index (χ3n) is 4.72. The number of likely N-dealkylation sites (tertiary alicyclic amines) is 1. The topological polar surface area (TPSA) is 28.2 Å². The van der Waals surface area contributed by atoms with Gasteiger partial charge in [-0.3, -0.25) is 4.98 Å². The Morgan fingerprint density at radius 3 is 2.95 bits per heavy atom. The summed E-state index contributed by atoms with van der Waals surface area (Å²) in [6.07, 6.45) is 2.47. The van der Waals surface area contributed by atoms with Crippen molar-refractivity contribution in [2.45, 2.75) is 45.3 Å². The van der Waals surface area contributed by atoms with Crippen molar-refractivity contribution >= 4 is 10.9 Å². The van der Waals surface area contributed by atoms with E-state index in [0.717, 1.165) is 17.8 Å². The summed E-state index contributed by atoms with van der Waals surface area (Å²) in [5.74, 6) is 0. The maximum absolute atomic E-state index is 4.62. The summed E-state index contributed by atoms with van der Waals surface area (Å²) < 4.78 is 0. The van der Waals surface area contributed by atoms with Crippen molar-refractivity contribution in [2.24, 2.45) is 0 Å². The molecule has 1 aromatic heterocycles. The minimum Gasteiger partial charge on any atom is -0.310 e. The molecule has 0 aliphatic carbocycles. The van der Waals surface area contributed by atoms with Crippen molar-refractivity contribution in [3.63, 3.8) is 0 Å². The number of benzene rings is 1. The number of nitrogens with zero attached hydrogens (tertiary/aromatic N) is 2. The van der Waals surface area contributed by atoms with Crippen LogP contribution in [0.5, 0.6) is 0 Å². The quantitative estimate of drug-likeness (QED) is 0.938. The van der Waals surface area contributed by atoms with Gasteiger partial charge < -0.3 is 10.2 Å². The predicted octanol–water partition coefficient (Wildman–Crippen LogP) is 3.12. The lowest BCUT2D eigenvalue weighted by molar-refractivity contribution is 0.168. The first kappa shape index (κ1) is 14.5. The van der Waals surface area contributed by atoms with Crippen molar-refractivity contribution in [3.8, 4) is 0 Å². The maximum atomic E-state index is 4.62. The van der Waals surface area contributed by atoms with Crippen LogP contribution in [0.15, 0.2) is 30.3 Å². The molecule has 3 nitrogen and oxygen atoms in total. The summed E-state index contributed by atoms with van der Waals surface area (Å²) in [6, 6.07) is 12.0. The predicted molar refractivity (Wildman–Crippen MR) is 88.4 cm³/mol. The average molecular weight is 283 g/mol. The summed E-state index contributed by atoms with van der Waals surface area (Å²) in [5.41, 5.74) is 3.57. The highest BCUT2D eigenvalue weighted by atomic mass is 15.1. The molecule has 112 valence electrons. The second-order valence-corrected chi connectivity index (χ2v) is 6.37. The van der Waals surface area contributed by atoms with E-state index in [0.29, 0.717) is 12.1 Å². The molecule has 2 atom stereocenters. The fourth-order valence-corrected chi connectivity index (χ4v) is 3.27. The molecule has 2 heterocycles. The molecular weight excluding hydrogens is 258 g/mol. The first-order valence-electron chi connectivity index (χ1n) is 7.92. The molecule has 1 aromatic carbocycles. The molecule has 0 amide bonds. The molecule has 1 aliphatic rings. The Morgan fingerprint density at radius 2 is 2.14 bits per heavy atom. The molecule has 0 radical (unpaired) electrons. The van der Waals surface area contributed by atoms with Gasteiger partial charge in [0.25, 0.3) is 0 Å². The SMILES string of the molecule is Cc1cc(CNC2CCN(C)C(C)C2)c2ccccc2n1. The summed E-state index contributed by atoms with van der Waals surface area (Å²) in [5, 5.41) is 5.03. The molecule has 3 heteroatoms. The maximum Gasteiger partial charge on any atom is 0.0708 e. The monoisotopic (exact) mass is 283 g/mol. The number of hydrogen-bond donors (Lipinski definition) is 1. The molecule has 0 spiro atoms. The van der Waals surface area contributed by atoms with Crippen LogP contribution in [-0.4, -0.2) is 35.6 Å². The first-order valence-corrected chi connectivity index (χ1v) is 7.92. The van der Waals surface area contributed by atoms with Gasteiger partial charge in [0.05, 0.1) is 5.52 Å². The van der Waals surface area contributed by atoms with Gasteiger partial charge in [-0.15, -0.1) is 0 Å². The zero-order valence-corrected chi connectivity index (χ0v) is 13.3. The van der Waals surface area contributed by atoms with Crippen LogP contribution < -0.4 is 5.32 Å². The summed E-state index contributed by atoms with van der Waals surface area (Å²) in [6.45, 7) is 6.52. The fourth-order valence-electron chi connectivity index (χ4n) is 3.27. The Morgan fingerprint density at radius 1 is 1.33 bits per heavy atom. The van der Waals surface area contributed by atoms with Gasteiger partial charge in [-0.2, -0.15) is 0 Å². The van der Waals surface area contributed by atoms with Crippen molar-refractivity contribution in [1.29, 1.82) is 0 Å². The molecule has 1 fully saturated rings. The number of hydrogen-bond acceptors (Lipinski definition) is 3. The van der Waals surface area contributed by atoms with E-state index in [1.165, 1.54) is 30.3 Å². The van der Waals surface area contributed by atoms with E-state index in [1.54, 1.807) is 0 Å². The van der Waals surface area contributed by atoms with E-state index in [-0.39, 0.29) is 0 Å². The second-order valence-electron chi connectivity index (χ2n) is 6.37. The van der Waals surface area contributed by atoms with Gasteiger partial charge in [0.2, 0.25) is 0 Å². The number of nitrogens with one attached hydrogen (secondary N) is 1. The summed E-state index contributed by atoms with van der Waals surface area (Å²) >= 11 is 0. The highest BCUT2D eigenvalue weighted by molar-refractivity contribution is 5.82. The molecule has 0 saturated carbocycles. The standard InChI is InChI=1S/C18H25N3/c1-13-10-15(17-6-4-5-7-18(17)20-13)12-19-16-8-9-21(3)14(2)11-16/h4-7,10,14,16,19H,8-9,11-12H2,1-3H3. The number of aromatic nitrogens is 1. The highest BCUT2D eigenvalue weighted by Gasteiger charge is 2.22. The highest BCUT2D eigenvalue weighted by Crippen LogP contribution is 2.20. The van der Waals surface area contributed by atoms with Crippen LogP contribution in [0.2, 0.25) is 0 Å². The number of fused-ring (bicyclic) bond motifs is 1. The lowest BCUT2D eigenvalue weighted by atomic mass is 9.98. The average Bonchev–Trinajstić information content (AvgIpc) is 2.48. The number of rotatable bonds is 3. The van der Waals surface area contributed by atoms with Crippen LogP contribution in [0.1, 0.15) is 31.0 Å². The minimum atomic E-state index is 0.628. The van der Waals surface area contributed by atoms with Gasteiger partial charge in [0, 0.05) is 29.7 Å². The van der Waals surface area contributed by atoms with Gasteiger partial charge in [0.15, 0.2) is 0 Å². The molecule has 0 bridgehead atoms. The van der Waals surface area contributed by atoms with E-state index in [9.17, 15) is 0 Å². The van der Waals surface area contributed by atoms with Crippen LogP contribution in [0.4, 0.5) is 0 Å². The normalized spacial score (nSPS) is 23.6. The fraction of sp³-hybridized carbons (Fsp3) is 0.500. The zero-order chi connectivity index (χ0) is 14.8. The first-order chi connectivity index (χ1) is 10.1. The van der Waals surface area contributed by atoms with Gasteiger partial charge >= 0.3 is 0 Å². The van der Waals surface area contributed by atoms with Crippen LogP contribution in [-0.2, 0) is 6.54 Å². The van der Waals surface area contributed by atoms with Crippen LogP contribution in [0.3, 0.4) is 0 Å². The summed E-state index contributed by atoms with van der Waals surface area (Å²) in [4.78, 5) is 7.07. The number of pyridine rings is 1. The van der Waals surface area contributed by atoms with Crippen molar-refractivity contribution in [3.05, 3.63) is 41.6 Å². The van der Waals surface area contributed by atoms with Crippen molar-refractivity contribution in [2.75, 3.05) is 13.6 Å². The van der Waals surface area contributed by atoms with Crippen molar-refractivity contribution in [1.82, 2.24) is 15.2 Å². The van der Waals surface area contributed by atoms with E-state index in [1.807, 2.05) is 0 Å². The Labute approximate surface area is 127 Å². The molecular formula is C18H25N3. The Hall–Kier alpha value is -1.45. The molecule has 1 aliphatic heterocycles. The number of piperidine rings is 1. The van der Waals surface area contributed by atoms with E-state index < -0.39 is 0 Å². The Kier molecular flexibility index (Phi) is 4.22. The van der Waals surface area contributed by atoms with E-state index >= 15 is 0 Å². The smallest absolute Gasteiger partial charge is 0.0708 e. The molecule has 2 aromatic rings. The van der Waals surface area contributed by atoms with Gasteiger partial charge in [0.1, 0.15) is 0 Å². The van der Waals surface area contributed by atoms with Crippen LogP contribution in [0.25, 0.3) is 10.9 Å². The lowest BCUT2D eigenvalue weighted by Gasteiger charge is -2.35. The molecule has 3 rings (SSSR count). The molecule has 1 saturated heterocycles. The van der Waals surface area contributed by atoms with Crippen molar-refractivity contribution < 1.29 is 0 Å².